The normalized spacial score (nSPS) is 22.0. The van der Waals surface area contributed by atoms with Crippen molar-refractivity contribution in [3.8, 4) is 0 Å². The van der Waals surface area contributed by atoms with Crippen LogP contribution >= 0.6 is 15.9 Å². The summed E-state index contributed by atoms with van der Waals surface area (Å²) in [5, 5.41) is 2.77. The fourth-order valence-corrected chi connectivity index (χ4v) is 4.84. The number of nitrogens with one attached hydrogen (secondary N) is 1. The molecular weight excluding hydrogens is 370 g/mol. The summed E-state index contributed by atoms with van der Waals surface area (Å²) in [4.78, 5) is 28.1. The third kappa shape index (κ3) is 2.70. The van der Waals surface area contributed by atoms with Crippen LogP contribution in [0.15, 0.2) is 22.7 Å². The lowest BCUT2D eigenvalue weighted by Crippen LogP contribution is -2.52. The van der Waals surface area contributed by atoms with Gasteiger partial charge in [0.25, 0.3) is 0 Å². The summed E-state index contributed by atoms with van der Waals surface area (Å²) >= 11 is 3.60. The number of fused-ring (bicyclic) bond motifs is 2. The Labute approximate surface area is 150 Å². The second-order valence-electron chi connectivity index (χ2n) is 7.17. The second-order valence-corrected chi connectivity index (χ2v) is 8.09. The number of anilines is 1. The van der Waals surface area contributed by atoms with E-state index in [1.807, 2.05) is 0 Å². The first-order valence-corrected chi connectivity index (χ1v) is 9.46. The van der Waals surface area contributed by atoms with Gasteiger partial charge in [-0.1, -0.05) is 28.8 Å². The first-order valence-electron chi connectivity index (χ1n) is 8.67. The first kappa shape index (κ1) is 15.9. The molecule has 128 valence electrons. The Bertz CT molecular complexity index is 685. The Morgan fingerprint density at radius 3 is 2.83 bits per heavy atom. The molecule has 1 spiro atoms. The van der Waals surface area contributed by atoms with Gasteiger partial charge in [0.15, 0.2) is 0 Å². The van der Waals surface area contributed by atoms with Crippen LogP contribution in [0.5, 0.6) is 0 Å². The van der Waals surface area contributed by atoms with Crippen molar-refractivity contribution in [2.75, 3.05) is 37.6 Å². The van der Waals surface area contributed by atoms with E-state index >= 15 is 0 Å². The molecule has 2 aliphatic heterocycles. The van der Waals surface area contributed by atoms with E-state index < -0.39 is 0 Å². The summed E-state index contributed by atoms with van der Waals surface area (Å²) in [6, 6.07) is 6.42. The van der Waals surface area contributed by atoms with Gasteiger partial charge in [0.2, 0.25) is 11.8 Å². The summed E-state index contributed by atoms with van der Waals surface area (Å²) in [7, 11) is 0. The van der Waals surface area contributed by atoms with Crippen LogP contribution in [0.2, 0.25) is 0 Å². The molecule has 4 rings (SSSR count). The molecule has 2 heterocycles. The van der Waals surface area contributed by atoms with Crippen molar-refractivity contribution in [2.45, 2.75) is 31.1 Å². The van der Waals surface area contributed by atoms with Crippen molar-refractivity contribution >= 4 is 33.4 Å². The van der Waals surface area contributed by atoms with Crippen LogP contribution < -0.4 is 10.2 Å². The van der Waals surface area contributed by atoms with Gasteiger partial charge in [-0.05, 0) is 36.6 Å². The van der Waals surface area contributed by atoms with Gasteiger partial charge in [0.1, 0.15) is 0 Å². The van der Waals surface area contributed by atoms with Crippen molar-refractivity contribution in [3.63, 3.8) is 0 Å². The van der Waals surface area contributed by atoms with Gasteiger partial charge >= 0.3 is 0 Å². The number of hydrogen-bond acceptors (Lipinski definition) is 3. The Kier molecular flexibility index (Phi) is 4.03. The van der Waals surface area contributed by atoms with Crippen LogP contribution in [0.1, 0.15) is 31.2 Å². The van der Waals surface area contributed by atoms with E-state index in [1.165, 1.54) is 36.9 Å². The van der Waals surface area contributed by atoms with Crippen molar-refractivity contribution in [1.29, 1.82) is 0 Å². The molecular formula is C18H22BrN3O2. The minimum Gasteiger partial charge on any atom is -0.361 e. The molecule has 0 atom stereocenters. The van der Waals surface area contributed by atoms with E-state index in [0.717, 1.165) is 11.0 Å². The smallest absolute Gasteiger partial charge is 0.242 e. The summed E-state index contributed by atoms with van der Waals surface area (Å²) in [5.41, 5.74) is 2.78. The molecule has 0 radical (unpaired) electrons. The molecule has 24 heavy (non-hydrogen) atoms. The maximum atomic E-state index is 12.7. The first-order chi connectivity index (χ1) is 11.6. The van der Waals surface area contributed by atoms with Gasteiger partial charge < -0.3 is 15.1 Å². The van der Waals surface area contributed by atoms with Crippen molar-refractivity contribution in [1.82, 2.24) is 10.2 Å². The standard InChI is InChI=1S/C18H22BrN3O2/c19-13-3-4-15-14(9-13)18(5-1-2-6-18)12-22(15)11-17(24)21-8-7-20-16(23)10-21/h3-4,9H,1-2,5-8,10-12H2,(H,20,23). The number of carbonyl (C=O) groups excluding carboxylic acids is 2. The Hall–Kier alpha value is -1.56. The lowest BCUT2D eigenvalue weighted by molar-refractivity contribution is -0.137. The van der Waals surface area contributed by atoms with Crippen LogP contribution in [0, 0.1) is 0 Å². The molecule has 0 bridgehead atoms. The summed E-state index contributed by atoms with van der Waals surface area (Å²) in [6.45, 7) is 2.63. The van der Waals surface area contributed by atoms with Crippen LogP contribution in [0.4, 0.5) is 5.69 Å². The van der Waals surface area contributed by atoms with Crippen LogP contribution in [0.3, 0.4) is 0 Å². The average molecular weight is 392 g/mol. The predicted octanol–water partition coefficient (Wildman–Crippen LogP) is 2.04. The molecule has 1 aromatic rings. The van der Waals surface area contributed by atoms with E-state index in [2.05, 4.69) is 44.3 Å². The molecule has 3 aliphatic rings. The van der Waals surface area contributed by atoms with Crippen molar-refractivity contribution in [2.24, 2.45) is 0 Å². The Morgan fingerprint density at radius 2 is 2.08 bits per heavy atom. The average Bonchev–Trinajstić information content (AvgIpc) is 3.14. The number of halogens is 1. The molecule has 6 heteroatoms. The van der Waals surface area contributed by atoms with Gasteiger partial charge in [0, 0.05) is 35.2 Å². The van der Waals surface area contributed by atoms with Gasteiger partial charge in [0.05, 0.1) is 13.1 Å². The molecule has 1 aliphatic carbocycles. The Balaban J connectivity index is 1.56. The SMILES string of the molecule is O=C1CN(C(=O)CN2CC3(CCCC3)c3cc(Br)ccc32)CCN1. The number of benzene rings is 1. The predicted molar refractivity (Wildman–Crippen MR) is 96.1 cm³/mol. The minimum absolute atomic E-state index is 0.0498. The zero-order valence-electron chi connectivity index (χ0n) is 13.7. The number of hydrogen-bond donors (Lipinski definition) is 1. The maximum Gasteiger partial charge on any atom is 0.242 e. The number of carbonyl (C=O) groups is 2. The van der Waals surface area contributed by atoms with Crippen molar-refractivity contribution < 1.29 is 9.59 Å². The molecule has 2 fully saturated rings. The summed E-state index contributed by atoms with van der Waals surface area (Å²) in [5.74, 6) is -0.0126. The van der Waals surface area contributed by atoms with E-state index in [4.69, 9.17) is 0 Å². The molecule has 2 amide bonds. The van der Waals surface area contributed by atoms with Crippen LogP contribution in [0.25, 0.3) is 0 Å². The fourth-order valence-electron chi connectivity index (χ4n) is 4.48. The number of rotatable bonds is 2. The zero-order chi connectivity index (χ0) is 16.7. The lowest BCUT2D eigenvalue weighted by Gasteiger charge is -2.30. The maximum absolute atomic E-state index is 12.7. The van der Waals surface area contributed by atoms with E-state index in [0.29, 0.717) is 19.6 Å². The highest BCUT2D eigenvalue weighted by atomic mass is 79.9. The largest absolute Gasteiger partial charge is 0.361 e. The second kappa shape index (κ2) is 6.06. The number of nitrogens with zero attached hydrogens (tertiary/aromatic N) is 2. The summed E-state index contributed by atoms with van der Waals surface area (Å²) < 4.78 is 1.11. The molecule has 5 nitrogen and oxygen atoms in total. The quantitative estimate of drug-likeness (QED) is 0.838. The minimum atomic E-state index is -0.0624. The van der Waals surface area contributed by atoms with Gasteiger partial charge in [-0.25, -0.2) is 0 Å². The molecule has 0 aromatic heterocycles. The van der Waals surface area contributed by atoms with Crippen LogP contribution in [-0.4, -0.2) is 49.4 Å². The van der Waals surface area contributed by atoms with Gasteiger partial charge in [-0.2, -0.15) is 0 Å². The summed E-state index contributed by atoms with van der Waals surface area (Å²) in [6.07, 6.45) is 4.93. The highest BCUT2D eigenvalue weighted by molar-refractivity contribution is 9.10. The van der Waals surface area contributed by atoms with Gasteiger partial charge in [-0.15, -0.1) is 0 Å². The lowest BCUT2D eigenvalue weighted by atomic mass is 9.81. The fraction of sp³-hybridized carbons (Fsp3) is 0.556. The molecule has 1 saturated carbocycles. The number of amides is 2. The molecule has 1 saturated heterocycles. The highest BCUT2D eigenvalue weighted by Crippen LogP contribution is 2.50. The molecule has 1 N–H and O–H groups in total. The van der Waals surface area contributed by atoms with E-state index in [1.54, 1.807) is 4.90 Å². The molecule has 1 aromatic carbocycles. The van der Waals surface area contributed by atoms with Gasteiger partial charge in [-0.3, -0.25) is 9.59 Å². The highest BCUT2D eigenvalue weighted by Gasteiger charge is 2.45. The van der Waals surface area contributed by atoms with E-state index in [9.17, 15) is 9.59 Å². The number of piperazine rings is 1. The topological polar surface area (TPSA) is 52.7 Å². The van der Waals surface area contributed by atoms with Crippen molar-refractivity contribution in [3.05, 3.63) is 28.2 Å². The third-order valence-electron chi connectivity index (χ3n) is 5.64. The van der Waals surface area contributed by atoms with Crippen LogP contribution in [-0.2, 0) is 15.0 Å². The molecule has 0 unspecified atom stereocenters. The Morgan fingerprint density at radius 1 is 1.29 bits per heavy atom. The monoisotopic (exact) mass is 391 g/mol. The van der Waals surface area contributed by atoms with E-state index in [-0.39, 0.29) is 23.8 Å². The third-order valence-corrected chi connectivity index (χ3v) is 6.14. The zero-order valence-corrected chi connectivity index (χ0v) is 15.3.